The SMILES string of the molecule is O=C(Nn1cnnc1)C1CCN(S(=O)(=O)c2ccc(Cl)cc2)CC1. The van der Waals surface area contributed by atoms with Crippen LogP contribution in [0.15, 0.2) is 41.8 Å². The monoisotopic (exact) mass is 369 g/mol. The second-order valence-electron chi connectivity index (χ2n) is 5.48. The fourth-order valence-electron chi connectivity index (χ4n) is 2.59. The number of halogens is 1. The summed E-state index contributed by atoms with van der Waals surface area (Å²) in [6, 6.07) is 6.08. The predicted octanol–water partition coefficient (Wildman–Crippen LogP) is 1.10. The van der Waals surface area contributed by atoms with Crippen LogP contribution in [0.2, 0.25) is 5.02 Å². The van der Waals surface area contributed by atoms with Gasteiger partial charge < -0.3 is 0 Å². The fraction of sp³-hybridized carbons (Fsp3) is 0.357. The molecule has 0 atom stereocenters. The van der Waals surface area contributed by atoms with Crippen LogP contribution in [-0.4, -0.2) is 46.6 Å². The number of piperidine rings is 1. The summed E-state index contributed by atoms with van der Waals surface area (Å²) in [6.07, 6.45) is 3.69. The molecule has 1 aromatic heterocycles. The lowest BCUT2D eigenvalue weighted by atomic mass is 9.98. The van der Waals surface area contributed by atoms with Gasteiger partial charge in [-0.3, -0.25) is 10.2 Å². The van der Waals surface area contributed by atoms with Gasteiger partial charge in [0, 0.05) is 24.0 Å². The van der Waals surface area contributed by atoms with Crippen molar-refractivity contribution in [2.45, 2.75) is 17.7 Å². The van der Waals surface area contributed by atoms with Crippen LogP contribution in [0.4, 0.5) is 0 Å². The third-order valence-electron chi connectivity index (χ3n) is 3.93. The number of carbonyl (C=O) groups is 1. The van der Waals surface area contributed by atoms with E-state index in [4.69, 9.17) is 11.6 Å². The molecule has 1 fully saturated rings. The van der Waals surface area contributed by atoms with Gasteiger partial charge in [-0.25, -0.2) is 13.1 Å². The molecule has 3 rings (SSSR count). The molecule has 2 aromatic rings. The van der Waals surface area contributed by atoms with Crippen molar-refractivity contribution in [3.8, 4) is 0 Å². The quantitative estimate of drug-likeness (QED) is 0.870. The molecule has 0 saturated carbocycles. The van der Waals surface area contributed by atoms with Gasteiger partial charge in [0.15, 0.2) is 0 Å². The number of carbonyl (C=O) groups excluding carboxylic acids is 1. The molecular formula is C14H16ClN5O3S. The molecule has 10 heteroatoms. The standard InChI is InChI=1S/C14H16ClN5O3S/c15-12-1-3-13(4-2-12)24(22,23)20-7-5-11(6-8-20)14(21)18-19-9-16-17-10-19/h1-4,9-11H,5-8H2,(H,18,21). The van der Waals surface area contributed by atoms with Crippen LogP contribution in [0, 0.1) is 5.92 Å². The van der Waals surface area contributed by atoms with Crippen molar-refractivity contribution in [1.82, 2.24) is 19.2 Å². The first-order valence-electron chi connectivity index (χ1n) is 7.38. The second-order valence-corrected chi connectivity index (χ2v) is 7.85. The second kappa shape index (κ2) is 6.88. The summed E-state index contributed by atoms with van der Waals surface area (Å²) in [7, 11) is -3.56. The lowest BCUT2D eigenvalue weighted by Crippen LogP contribution is -2.42. The van der Waals surface area contributed by atoms with E-state index in [1.165, 1.54) is 33.8 Å². The number of sulfonamides is 1. The minimum absolute atomic E-state index is 0.168. The molecule has 0 radical (unpaired) electrons. The number of rotatable bonds is 4. The van der Waals surface area contributed by atoms with Crippen molar-refractivity contribution in [1.29, 1.82) is 0 Å². The van der Waals surface area contributed by atoms with E-state index in [9.17, 15) is 13.2 Å². The van der Waals surface area contributed by atoms with Gasteiger partial charge in [-0.05, 0) is 37.1 Å². The van der Waals surface area contributed by atoms with Crippen molar-refractivity contribution in [3.63, 3.8) is 0 Å². The van der Waals surface area contributed by atoms with Crippen LogP contribution < -0.4 is 5.43 Å². The summed E-state index contributed by atoms with van der Waals surface area (Å²) in [6.45, 7) is 0.594. The molecule has 0 unspecified atom stereocenters. The number of aromatic nitrogens is 3. The van der Waals surface area contributed by atoms with Crippen molar-refractivity contribution < 1.29 is 13.2 Å². The molecule has 0 aliphatic carbocycles. The van der Waals surface area contributed by atoms with E-state index in [0.717, 1.165) is 0 Å². The first-order chi connectivity index (χ1) is 11.5. The van der Waals surface area contributed by atoms with Gasteiger partial charge in [0.25, 0.3) is 0 Å². The third kappa shape index (κ3) is 3.58. The molecule has 0 spiro atoms. The number of hydrogen-bond donors (Lipinski definition) is 1. The maximum absolute atomic E-state index is 12.6. The molecule has 1 saturated heterocycles. The molecule has 1 amide bonds. The molecule has 1 aromatic carbocycles. The molecule has 8 nitrogen and oxygen atoms in total. The van der Waals surface area contributed by atoms with Crippen molar-refractivity contribution in [3.05, 3.63) is 41.9 Å². The summed E-state index contributed by atoms with van der Waals surface area (Å²) in [5, 5.41) is 7.70. The highest BCUT2D eigenvalue weighted by atomic mass is 35.5. The molecular weight excluding hydrogens is 354 g/mol. The first kappa shape index (κ1) is 16.9. The van der Waals surface area contributed by atoms with Gasteiger partial charge in [-0.1, -0.05) is 11.6 Å². The fourth-order valence-corrected chi connectivity index (χ4v) is 4.19. The molecule has 24 heavy (non-hydrogen) atoms. The molecule has 1 aliphatic rings. The molecule has 1 aliphatic heterocycles. The van der Waals surface area contributed by atoms with E-state index in [1.807, 2.05) is 0 Å². The largest absolute Gasteiger partial charge is 0.273 e. The average Bonchev–Trinajstić information content (AvgIpc) is 3.08. The highest BCUT2D eigenvalue weighted by Crippen LogP contribution is 2.25. The molecule has 1 N–H and O–H groups in total. The van der Waals surface area contributed by atoms with Crippen LogP contribution in [0.1, 0.15) is 12.8 Å². The Hall–Kier alpha value is -1.97. The third-order valence-corrected chi connectivity index (χ3v) is 6.10. The maximum atomic E-state index is 12.6. The minimum Gasteiger partial charge on any atom is -0.273 e. The Labute approximate surface area is 144 Å². The Morgan fingerprint density at radius 3 is 2.29 bits per heavy atom. The smallest absolute Gasteiger partial charge is 0.243 e. The zero-order valence-corrected chi connectivity index (χ0v) is 14.2. The molecule has 0 bridgehead atoms. The van der Waals surface area contributed by atoms with E-state index in [1.54, 1.807) is 12.1 Å². The van der Waals surface area contributed by atoms with Crippen LogP contribution in [0.5, 0.6) is 0 Å². The van der Waals surface area contributed by atoms with Crippen LogP contribution >= 0.6 is 11.6 Å². The van der Waals surface area contributed by atoms with Gasteiger partial charge in [-0.15, -0.1) is 10.2 Å². The number of nitrogens with one attached hydrogen (secondary N) is 1. The summed E-state index contributed by atoms with van der Waals surface area (Å²) >= 11 is 5.80. The topological polar surface area (TPSA) is 97.2 Å². The van der Waals surface area contributed by atoms with E-state index < -0.39 is 10.0 Å². The van der Waals surface area contributed by atoms with Gasteiger partial charge >= 0.3 is 0 Å². The van der Waals surface area contributed by atoms with Crippen molar-refractivity contribution in [2.24, 2.45) is 5.92 Å². The van der Waals surface area contributed by atoms with Crippen molar-refractivity contribution in [2.75, 3.05) is 18.5 Å². The number of hydrogen-bond acceptors (Lipinski definition) is 5. The number of nitrogens with zero attached hydrogens (tertiary/aromatic N) is 4. The van der Waals surface area contributed by atoms with E-state index in [2.05, 4.69) is 15.6 Å². The van der Waals surface area contributed by atoms with Crippen LogP contribution in [0.25, 0.3) is 0 Å². The Kier molecular flexibility index (Phi) is 4.83. The summed E-state index contributed by atoms with van der Waals surface area (Å²) in [4.78, 5) is 12.4. The van der Waals surface area contributed by atoms with E-state index in [0.29, 0.717) is 31.0 Å². The van der Waals surface area contributed by atoms with Gasteiger partial charge in [-0.2, -0.15) is 4.31 Å². The summed E-state index contributed by atoms with van der Waals surface area (Å²) in [5.41, 5.74) is 2.65. The van der Waals surface area contributed by atoms with Crippen molar-refractivity contribution >= 4 is 27.5 Å². The Morgan fingerprint density at radius 2 is 1.71 bits per heavy atom. The Morgan fingerprint density at radius 1 is 1.12 bits per heavy atom. The highest BCUT2D eigenvalue weighted by Gasteiger charge is 2.32. The normalized spacial score (nSPS) is 16.9. The van der Waals surface area contributed by atoms with Crippen LogP contribution in [-0.2, 0) is 14.8 Å². The lowest BCUT2D eigenvalue weighted by Gasteiger charge is -2.30. The average molecular weight is 370 g/mol. The number of benzene rings is 1. The number of amides is 1. The predicted molar refractivity (Wildman–Crippen MR) is 87.3 cm³/mol. The molecule has 2 heterocycles. The zero-order chi connectivity index (χ0) is 17.2. The Bertz CT molecular complexity index is 799. The molecule has 128 valence electrons. The maximum Gasteiger partial charge on any atom is 0.243 e. The van der Waals surface area contributed by atoms with Gasteiger partial charge in [0.1, 0.15) is 12.7 Å². The highest BCUT2D eigenvalue weighted by molar-refractivity contribution is 7.89. The van der Waals surface area contributed by atoms with Crippen LogP contribution in [0.3, 0.4) is 0 Å². The Balaban J connectivity index is 1.62. The van der Waals surface area contributed by atoms with E-state index in [-0.39, 0.29) is 16.7 Å². The van der Waals surface area contributed by atoms with Gasteiger partial charge in [0.05, 0.1) is 4.90 Å². The first-order valence-corrected chi connectivity index (χ1v) is 9.20. The summed E-state index contributed by atoms with van der Waals surface area (Å²) in [5.74, 6) is -0.414. The zero-order valence-electron chi connectivity index (χ0n) is 12.7. The van der Waals surface area contributed by atoms with E-state index >= 15 is 0 Å². The summed E-state index contributed by atoms with van der Waals surface area (Å²) < 4.78 is 28.0. The minimum atomic E-state index is -3.56. The van der Waals surface area contributed by atoms with Gasteiger partial charge in [0.2, 0.25) is 15.9 Å². The lowest BCUT2D eigenvalue weighted by molar-refractivity contribution is -0.121.